The van der Waals surface area contributed by atoms with Crippen LogP contribution in [-0.2, 0) is 6.18 Å². The Labute approximate surface area is 189 Å². The lowest BCUT2D eigenvalue weighted by atomic mass is 9.68. The highest BCUT2D eigenvalue weighted by Gasteiger charge is 2.38. The average molecular weight is 457 g/mol. The molecule has 0 nitrogen and oxygen atoms in total. The summed E-state index contributed by atoms with van der Waals surface area (Å²) in [6.07, 6.45) is 12.3. The normalized spacial score (nSPS) is 27.5. The van der Waals surface area contributed by atoms with Gasteiger partial charge in [-0.05, 0) is 92.4 Å². The van der Waals surface area contributed by atoms with Crippen molar-refractivity contribution in [2.24, 2.45) is 23.7 Å². The number of allylic oxidation sites excluding steroid dienone is 2. The highest BCUT2D eigenvalue weighted by atomic mass is 19.4. The average Bonchev–Trinajstić information content (AvgIpc) is 2.73. The molecule has 3 rings (SSSR count). The van der Waals surface area contributed by atoms with Crippen LogP contribution in [0.3, 0.4) is 0 Å². The van der Waals surface area contributed by atoms with E-state index in [9.17, 15) is 22.0 Å². The van der Waals surface area contributed by atoms with E-state index in [1.54, 1.807) is 6.92 Å². The Morgan fingerprint density at radius 1 is 0.875 bits per heavy atom. The van der Waals surface area contributed by atoms with E-state index in [0.29, 0.717) is 11.5 Å². The van der Waals surface area contributed by atoms with Gasteiger partial charge in [0.2, 0.25) is 0 Å². The molecule has 1 aromatic carbocycles. The van der Waals surface area contributed by atoms with E-state index in [2.05, 4.69) is 6.92 Å². The fraction of sp³-hybridized carbons (Fsp3) is 0.704. The van der Waals surface area contributed by atoms with Crippen LogP contribution in [0.4, 0.5) is 22.0 Å². The molecule has 2 aliphatic carbocycles. The molecular formula is C27H37F5. The fourth-order valence-corrected chi connectivity index (χ4v) is 5.94. The van der Waals surface area contributed by atoms with E-state index in [1.807, 2.05) is 6.08 Å². The van der Waals surface area contributed by atoms with Crippen LogP contribution in [0.25, 0.3) is 5.57 Å². The monoisotopic (exact) mass is 456 g/mol. The van der Waals surface area contributed by atoms with Crippen LogP contribution < -0.4 is 0 Å². The van der Waals surface area contributed by atoms with Crippen LogP contribution >= 0.6 is 0 Å². The number of halogens is 5. The van der Waals surface area contributed by atoms with Crippen LogP contribution in [0.2, 0.25) is 0 Å². The van der Waals surface area contributed by atoms with E-state index >= 15 is 0 Å². The minimum atomic E-state index is -5.03. The predicted octanol–water partition coefficient (Wildman–Crippen LogP) is 9.58. The van der Waals surface area contributed by atoms with Crippen molar-refractivity contribution < 1.29 is 22.0 Å². The lowest BCUT2D eigenvalue weighted by molar-refractivity contribution is -0.142. The van der Waals surface area contributed by atoms with Crippen LogP contribution in [-0.4, -0.2) is 0 Å². The van der Waals surface area contributed by atoms with Crippen molar-refractivity contribution in [1.29, 1.82) is 0 Å². The highest BCUT2D eigenvalue weighted by molar-refractivity contribution is 5.64. The van der Waals surface area contributed by atoms with Gasteiger partial charge < -0.3 is 0 Å². The summed E-state index contributed by atoms with van der Waals surface area (Å²) in [5.74, 6) is -0.239. The number of rotatable bonds is 7. The lowest BCUT2D eigenvalue weighted by Gasteiger charge is -2.37. The summed E-state index contributed by atoms with van der Waals surface area (Å²) in [6, 6.07) is 1.62. The second-order valence-corrected chi connectivity index (χ2v) is 10.1. The van der Waals surface area contributed by atoms with Gasteiger partial charge in [-0.1, -0.05) is 51.5 Å². The van der Waals surface area contributed by atoms with Crippen LogP contribution in [0.15, 0.2) is 18.2 Å². The van der Waals surface area contributed by atoms with E-state index in [4.69, 9.17) is 0 Å². The summed E-state index contributed by atoms with van der Waals surface area (Å²) in [5, 5.41) is 0. The van der Waals surface area contributed by atoms with Crippen molar-refractivity contribution in [1.82, 2.24) is 0 Å². The molecule has 0 unspecified atom stereocenters. The maximum Gasteiger partial charge on any atom is 0.422 e. The van der Waals surface area contributed by atoms with Crippen molar-refractivity contribution >= 4 is 5.57 Å². The van der Waals surface area contributed by atoms with Gasteiger partial charge in [0.25, 0.3) is 0 Å². The van der Waals surface area contributed by atoms with Crippen molar-refractivity contribution in [3.05, 3.63) is 41.0 Å². The zero-order valence-corrected chi connectivity index (χ0v) is 19.4. The molecule has 180 valence electrons. The van der Waals surface area contributed by atoms with Gasteiger partial charge in [-0.3, -0.25) is 0 Å². The molecule has 0 spiro atoms. The molecule has 2 fully saturated rings. The van der Waals surface area contributed by atoms with Gasteiger partial charge in [0.05, 0.1) is 0 Å². The van der Waals surface area contributed by atoms with Gasteiger partial charge in [-0.25, -0.2) is 8.78 Å². The summed E-state index contributed by atoms with van der Waals surface area (Å²) >= 11 is 0. The lowest BCUT2D eigenvalue weighted by Crippen LogP contribution is -2.25. The molecule has 0 bridgehead atoms. The van der Waals surface area contributed by atoms with E-state index in [-0.39, 0.29) is 5.56 Å². The molecule has 1 aromatic rings. The van der Waals surface area contributed by atoms with Gasteiger partial charge in [-0.2, -0.15) is 13.2 Å². The Morgan fingerprint density at radius 2 is 1.41 bits per heavy atom. The number of hydrogen-bond donors (Lipinski definition) is 0. The van der Waals surface area contributed by atoms with E-state index in [0.717, 1.165) is 42.7 Å². The Hall–Kier alpha value is -1.39. The maximum atomic E-state index is 13.9. The number of unbranched alkanes of at least 4 members (excludes halogenated alkanes) is 2. The third kappa shape index (κ3) is 6.57. The third-order valence-corrected chi connectivity index (χ3v) is 7.86. The van der Waals surface area contributed by atoms with E-state index in [1.165, 1.54) is 64.2 Å². The molecule has 0 aliphatic heterocycles. The van der Waals surface area contributed by atoms with Crippen molar-refractivity contribution in [2.75, 3.05) is 0 Å². The highest BCUT2D eigenvalue weighted by Crippen LogP contribution is 2.43. The van der Waals surface area contributed by atoms with Crippen LogP contribution in [0, 0.1) is 35.3 Å². The number of alkyl halides is 3. The first-order chi connectivity index (χ1) is 15.2. The molecular weight excluding hydrogens is 419 g/mol. The van der Waals surface area contributed by atoms with Crippen LogP contribution in [0.1, 0.15) is 102 Å². The molecule has 0 atom stereocenters. The standard InChI is InChI=1S/C27H37F5/c1-3-4-5-6-19-7-11-21(12-8-19)22-13-9-20(10-14-22)15-18(2)23-16-24(28)26(25(29)17-23)27(30,31)32/h15-17,19-22H,3-14H2,1-2H3. The fourth-order valence-electron chi connectivity index (χ4n) is 5.94. The SMILES string of the molecule is CCCCCC1CCC(C2CCC(C=C(C)c3cc(F)c(C(F)(F)F)c(F)c3)CC2)CC1. The van der Waals surface area contributed by atoms with Gasteiger partial charge in [0, 0.05) is 0 Å². The molecule has 0 radical (unpaired) electrons. The Morgan fingerprint density at radius 3 is 1.91 bits per heavy atom. The molecule has 2 aliphatic rings. The van der Waals surface area contributed by atoms with Crippen LogP contribution in [0.5, 0.6) is 0 Å². The van der Waals surface area contributed by atoms with Gasteiger partial charge in [0.15, 0.2) is 0 Å². The zero-order chi connectivity index (χ0) is 23.3. The summed E-state index contributed by atoms with van der Waals surface area (Å²) in [5.41, 5.74) is -0.973. The molecule has 0 heterocycles. The van der Waals surface area contributed by atoms with Crippen molar-refractivity contribution in [3.8, 4) is 0 Å². The minimum absolute atomic E-state index is 0.191. The largest absolute Gasteiger partial charge is 0.422 e. The minimum Gasteiger partial charge on any atom is -0.206 e. The van der Waals surface area contributed by atoms with E-state index < -0.39 is 23.4 Å². The third-order valence-electron chi connectivity index (χ3n) is 7.86. The predicted molar refractivity (Wildman–Crippen MR) is 120 cm³/mol. The van der Waals surface area contributed by atoms with Crippen molar-refractivity contribution in [2.45, 2.75) is 97.1 Å². The number of benzene rings is 1. The zero-order valence-electron chi connectivity index (χ0n) is 19.4. The molecule has 2 saturated carbocycles. The van der Waals surface area contributed by atoms with Gasteiger partial charge >= 0.3 is 6.18 Å². The number of hydrogen-bond acceptors (Lipinski definition) is 0. The Kier molecular flexibility index (Phi) is 8.80. The molecule has 0 N–H and O–H groups in total. The molecule has 5 heteroatoms. The smallest absolute Gasteiger partial charge is 0.206 e. The maximum absolute atomic E-state index is 13.9. The summed E-state index contributed by atoms with van der Waals surface area (Å²) in [4.78, 5) is 0. The molecule has 0 aromatic heterocycles. The molecule has 0 saturated heterocycles. The second-order valence-electron chi connectivity index (χ2n) is 10.1. The first-order valence-corrected chi connectivity index (χ1v) is 12.4. The Balaban J connectivity index is 1.51. The van der Waals surface area contributed by atoms with Crippen molar-refractivity contribution in [3.63, 3.8) is 0 Å². The summed E-state index contributed by atoms with van der Waals surface area (Å²) < 4.78 is 66.3. The summed E-state index contributed by atoms with van der Waals surface area (Å²) in [6.45, 7) is 3.98. The topological polar surface area (TPSA) is 0 Å². The van der Waals surface area contributed by atoms with Gasteiger partial charge in [0.1, 0.15) is 17.2 Å². The van der Waals surface area contributed by atoms with Gasteiger partial charge in [-0.15, -0.1) is 0 Å². The first kappa shape index (κ1) is 25.2. The molecule has 32 heavy (non-hydrogen) atoms. The molecule has 0 amide bonds. The Bertz CT molecular complexity index is 740. The quantitative estimate of drug-likeness (QED) is 0.283. The second kappa shape index (κ2) is 11.2. The summed E-state index contributed by atoms with van der Waals surface area (Å²) in [7, 11) is 0. The first-order valence-electron chi connectivity index (χ1n) is 12.4.